The van der Waals surface area contributed by atoms with Crippen molar-refractivity contribution in [1.29, 1.82) is 0 Å². The molecule has 0 spiro atoms. The van der Waals surface area contributed by atoms with Crippen molar-refractivity contribution < 1.29 is 9.90 Å². The number of carbonyl (C=O) groups excluding carboxylic acids is 1. The number of hydrogen-bond donors (Lipinski definition) is 2. The van der Waals surface area contributed by atoms with Gasteiger partial charge in [0.25, 0.3) is 5.56 Å². The molecule has 0 fully saturated rings. The quantitative estimate of drug-likeness (QED) is 0.345. The first-order chi connectivity index (χ1) is 14.7. The van der Waals surface area contributed by atoms with Crippen LogP contribution < -0.4 is 5.56 Å². The summed E-state index contributed by atoms with van der Waals surface area (Å²) in [6.07, 6.45) is 0. The summed E-state index contributed by atoms with van der Waals surface area (Å²) in [5.41, 5.74) is 1.80. The lowest BCUT2D eigenvalue weighted by Gasteiger charge is -2.07. The third kappa shape index (κ3) is 4.25. The molecule has 0 aliphatic heterocycles. The number of benzene rings is 1. The van der Waals surface area contributed by atoms with Crippen LogP contribution >= 0.6 is 0 Å². The number of hydrogen-bond acceptors (Lipinski definition) is 8. The number of allylic oxidation sites excluding steroid dienone is 2. The molecule has 0 radical (unpaired) electrons. The highest BCUT2D eigenvalue weighted by atomic mass is 16.3. The minimum atomic E-state index is -0.444. The number of aliphatic hydroxyl groups excluding tert-OH is 1. The Balaban J connectivity index is 2.01. The van der Waals surface area contributed by atoms with Crippen molar-refractivity contribution in [1.82, 2.24) is 19.6 Å². The summed E-state index contributed by atoms with van der Waals surface area (Å²) in [5, 5.41) is 32.3. The third-order valence-corrected chi connectivity index (χ3v) is 4.59. The van der Waals surface area contributed by atoms with E-state index in [1.807, 2.05) is 30.3 Å². The molecule has 11 heteroatoms. The summed E-state index contributed by atoms with van der Waals surface area (Å²) in [5.74, 6) is -0.633. The summed E-state index contributed by atoms with van der Waals surface area (Å²) in [4.78, 5) is 24.5. The largest absolute Gasteiger partial charge is 0.510 e. The first-order valence-corrected chi connectivity index (χ1v) is 9.35. The number of aryl methyl sites for hydroxylation is 1. The Morgan fingerprint density at radius 3 is 2.32 bits per heavy atom. The summed E-state index contributed by atoms with van der Waals surface area (Å²) in [6.45, 7) is 6.08. The van der Waals surface area contributed by atoms with Crippen LogP contribution in [0.3, 0.4) is 0 Å². The van der Waals surface area contributed by atoms with Crippen molar-refractivity contribution in [2.24, 2.45) is 27.5 Å². The molecule has 1 aromatic carbocycles. The van der Waals surface area contributed by atoms with E-state index in [2.05, 4.69) is 30.7 Å². The molecule has 2 aromatic heterocycles. The maximum absolute atomic E-state index is 13.0. The minimum Gasteiger partial charge on any atom is -0.510 e. The van der Waals surface area contributed by atoms with Crippen LogP contribution in [0.2, 0.25) is 0 Å². The predicted octanol–water partition coefficient (Wildman–Crippen LogP) is 4.39. The van der Waals surface area contributed by atoms with Gasteiger partial charge < -0.3 is 5.11 Å². The Morgan fingerprint density at radius 1 is 1.06 bits per heavy atom. The molecule has 2 N–H and O–H groups in total. The van der Waals surface area contributed by atoms with Gasteiger partial charge in [0.05, 0.1) is 17.1 Å². The Labute approximate surface area is 177 Å². The maximum Gasteiger partial charge on any atom is 0.299 e. The van der Waals surface area contributed by atoms with Crippen LogP contribution in [0.25, 0.3) is 5.69 Å². The number of para-hydroxylation sites is 1. The number of aromatic nitrogens is 4. The van der Waals surface area contributed by atoms with E-state index < -0.39 is 5.78 Å². The lowest BCUT2D eigenvalue weighted by Crippen LogP contribution is -2.19. The van der Waals surface area contributed by atoms with E-state index in [0.29, 0.717) is 17.1 Å². The smallest absolute Gasteiger partial charge is 0.299 e. The van der Waals surface area contributed by atoms with Gasteiger partial charge in [-0.3, -0.25) is 19.4 Å². The number of azo groups is 2. The second-order valence-corrected chi connectivity index (χ2v) is 6.82. The molecule has 160 valence electrons. The van der Waals surface area contributed by atoms with E-state index in [1.54, 1.807) is 25.6 Å². The normalized spacial score (nSPS) is 12.7. The van der Waals surface area contributed by atoms with E-state index >= 15 is 0 Å². The second-order valence-electron chi connectivity index (χ2n) is 6.82. The number of aromatic amines is 1. The number of nitrogens with zero attached hydrogens (tertiary/aromatic N) is 7. The van der Waals surface area contributed by atoms with Crippen molar-refractivity contribution >= 4 is 23.0 Å². The fraction of sp³-hybridized carbons (Fsp3) is 0.250. The molecule has 2 heterocycles. The molecule has 0 saturated carbocycles. The van der Waals surface area contributed by atoms with Gasteiger partial charge in [0, 0.05) is 14.0 Å². The van der Waals surface area contributed by atoms with Crippen LogP contribution in [0.4, 0.5) is 17.2 Å². The molecule has 11 nitrogen and oxygen atoms in total. The number of H-pyrrole nitrogens is 1. The van der Waals surface area contributed by atoms with Crippen molar-refractivity contribution in [2.75, 3.05) is 0 Å². The van der Waals surface area contributed by atoms with Gasteiger partial charge in [0.15, 0.2) is 22.9 Å². The fourth-order valence-electron chi connectivity index (χ4n) is 2.86. The molecule has 3 rings (SSSR count). The zero-order valence-corrected chi connectivity index (χ0v) is 17.8. The van der Waals surface area contributed by atoms with Gasteiger partial charge in [-0.05, 0) is 32.9 Å². The summed E-state index contributed by atoms with van der Waals surface area (Å²) < 4.78 is 3.20. The fourth-order valence-corrected chi connectivity index (χ4v) is 2.86. The Kier molecular flexibility index (Phi) is 6.05. The third-order valence-electron chi connectivity index (χ3n) is 4.59. The molecule has 0 atom stereocenters. The minimum absolute atomic E-state index is 0.0678. The Hall–Kier alpha value is -4.15. The van der Waals surface area contributed by atoms with Crippen molar-refractivity contribution in [3.63, 3.8) is 0 Å². The number of carbonyl (C=O) groups is 1. The van der Waals surface area contributed by atoms with Gasteiger partial charge >= 0.3 is 0 Å². The highest BCUT2D eigenvalue weighted by molar-refractivity contribution is 5.93. The van der Waals surface area contributed by atoms with Gasteiger partial charge in [-0.15, -0.1) is 20.5 Å². The Bertz CT molecular complexity index is 1270. The standard InChI is InChI=1S/C20H22N8O3/c1-11-16(19(25-21-11)26-24-18(13(3)29)14(4)30)22-23-17-12(2)27(5)28(20(17)31)15-9-7-6-8-10-15/h6-10,29H,1-5H3,(H,21,25). The van der Waals surface area contributed by atoms with Gasteiger partial charge in [0.2, 0.25) is 5.82 Å². The average molecular weight is 422 g/mol. The molecular weight excluding hydrogens is 400 g/mol. The molecule has 0 saturated heterocycles. The molecule has 0 unspecified atom stereocenters. The van der Waals surface area contributed by atoms with E-state index in [-0.39, 0.29) is 34.2 Å². The zero-order chi connectivity index (χ0) is 22.7. The molecule has 31 heavy (non-hydrogen) atoms. The molecule has 0 bridgehead atoms. The van der Waals surface area contributed by atoms with Crippen LogP contribution in [-0.2, 0) is 11.8 Å². The number of Topliss-reactive ketones (excluding diaryl/α,β-unsaturated/α-hetero) is 1. The SMILES string of the molecule is CC(=O)C(N=Nc1n[nH]c(C)c1N=Nc1c(C)n(C)n(-c2ccccc2)c1=O)=C(C)O. The van der Waals surface area contributed by atoms with Crippen LogP contribution in [0.5, 0.6) is 0 Å². The summed E-state index contributed by atoms with van der Waals surface area (Å²) in [7, 11) is 1.76. The number of ketones is 1. The summed E-state index contributed by atoms with van der Waals surface area (Å²) >= 11 is 0. The van der Waals surface area contributed by atoms with Gasteiger partial charge in [-0.25, -0.2) is 4.68 Å². The molecule has 0 aliphatic rings. The Morgan fingerprint density at radius 2 is 1.71 bits per heavy atom. The van der Waals surface area contributed by atoms with Gasteiger partial charge in [0.1, 0.15) is 5.76 Å². The van der Waals surface area contributed by atoms with E-state index in [0.717, 1.165) is 0 Å². The first kappa shape index (κ1) is 21.6. The maximum atomic E-state index is 13.0. The molecule has 0 aliphatic carbocycles. The van der Waals surface area contributed by atoms with Crippen LogP contribution in [-0.4, -0.2) is 30.5 Å². The monoisotopic (exact) mass is 422 g/mol. The van der Waals surface area contributed by atoms with Crippen molar-refractivity contribution in [3.05, 3.63) is 63.5 Å². The lowest BCUT2D eigenvalue weighted by atomic mass is 10.3. The van der Waals surface area contributed by atoms with Crippen molar-refractivity contribution in [2.45, 2.75) is 27.7 Å². The molecule has 0 amide bonds. The van der Waals surface area contributed by atoms with Crippen molar-refractivity contribution in [3.8, 4) is 5.69 Å². The number of aliphatic hydroxyl groups is 1. The average Bonchev–Trinajstić information content (AvgIpc) is 3.17. The lowest BCUT2D eigenvalue weighted by molar-refractivity contribution is -0.113. The van der Waals surface area contributed by atoms with E-state index in [9.17, 15) is 14.7 Å². The van der Waals surface area contributed by atoms with Crippen LogP contribution in [0.15, 0.2) is 67.0 Å². The molecular formula is C20H22N8O3. The highest BCUT2D eigenvalue weighted by Crippen LogP contribution is 2.31. The molecule has 3 aromatic rings. The first-order valence-electron chi connectivity index (χ1n) is 9.35. The highest BCUT2D eigenvalue weighted by Gasteiger charge is 2.17. The predicted molar refractivity (Wildman–Crippen MR) is 114 cm³/mol. The number of nitrogens with one attached hydrogen (secondary N) is 1. The second kappa shape index (κ2) is 8.69. The van der Waals surface area contributed by atoms with Crippen LogP contribution in [0, 0.1) is 13.8 Å². The zero-order valence-electron chi connectivity index (χ0n) is 17.8. The topological polar surface area (TPSA) is 142 Å². The number of rotatable bonds is 6. The summed E-state index contributed by atoms with van der Waals surface area (Å²) in [6, 6.07) is 9.20. The van der Waals surface area contributed by atoms with Gasteiger partial charge in [-0.1, -0.05) is 18.2 Å². The van der Waals surface area contributed by atoms with Crippen LogP contribution in [0.1, 0.15) is 25.2 Å². The van der Waals surface area contributed by atoms with E-state index in [1.165, 1.54) is 18.5 Å². The van der Waals surface area contributed by atoms with E-state index in [4.69, 9.17) is 0 Å². The van der Waals surface area contributed by atoms with Gasteiger partial charge in [-0.2, -0.15) is 5.10 Å².